The number of benzene rings is 1. The van der Waals surface area contributed by atoms with Crippen molar-refractivity contribution in [1.82, 2.24) is 4.90 Å². The average Bonchev–Trinajstić information content (AvgIpc) is 2.33. The van der Waals surface area contributed by atoms with E-state index in [4.69, 9.17) is 18.0 Å². The summed E-state index contributed by atoms with van der Waals surface area (Å²) in [5, 5.41) is 0. The summed E-state index contributed by atoms with van der Waals surface area (Å²) in [6.07, 6.45) is 2.82. The lowest BCUT2D eigenvalue weighted by Crippen LogP contribution is -2.34. The quantitative estimate of drug-likeness (QED) is 0.830. The maximum Gasteiger partial charge on any atom is 0.222 e. The van der Waals surface area contributed by atoms with Gasteiger partial charge < -0.3 is 10.6 Å². The number of rotatable bonds is 3. The van der Waals surface area contributed by atoms with E-state index in [0.29, 0.717) is 18.0 Å². The molecule has 0 aromatic heterocycles. The Bertz CT molecular complexity index is 428. The van der Waals surface area contributed by atoms with Crippen LogP contribution in [0.15, 0.2) is 24.3 Å². The van der Waals surface area contributed by atoms with Crippen molar-refractivity contribution in [2.24, 2.45) is 5.73 Å². The largest absolute Gasteiger partial charge is 0.389 e. The molecule has 2 rings (SSSR count). The molecule has 1 heterocycles. The van der Waals surface area contributed by atoms with Gasteiger partial charge in [0.2, 0.25) is 5.91 Å². The third kappa shape index (κ3) is 3.03. The van der Waals surface area contributed by atoms with Crippen LogP contribution in [0.3, 0.4) is 0 Å². The Morgan fingerprint density at radius 3 is 2.59 bits per heavy atom. The fraction of sp³-hybridized carbons (Fsp3) is 0.385. The number of carbonyl (C=O) groups excluding carboxylic acids is 1. The molecule has 0 spiro atoms. The van der Waals surface area contributed by atoms with Gasteiger partial charge in [-0.25, -0.2) is 0 Å². The Hall–Kier alpha value is -1.42. The average molecular weight is 248 g/mol. The van der Waals surface area contributed by atoms with Crippen LogP contribution >= 0.6 is 12.2 Å². The van der Waals surface area contributed by atoms with Crippen molar-refractivity contribution >= 4 is 23.1 Å². The van der Waals surface area contributed by atoms with E-state index in [9.17, 15) is 4.79 Å². The van der Waals surface area contributed by atoms with Crippen LogP contribution in [0.2, 0.25) is 0 Å². The van der Waals surface area contributed by atoms with Crippen molar-refractivity contribution in [3.63, 3.8) is 0 Å². The fourth-order valence-electron chi connectivity index (χ4n) is 2.02. The molecule has 90 valence electrons. The molecule has 3 nitrogen and oxygen atoms in total. The van der Waals surface area contributed by atoms with Crippen molar-refractivity contribution in [3.05, 3.63) is 35.4 Å². The van der Waals surface area contributed by atoms with Gasteiger partial charge in [-0.3, -0.25) is 4.79 Å². The molecule has 0 unspecified atom stereocenters. The van der Waals surface area contributed by atoms with Gasteiger partial charge >= 0.3 is 0 Å². The van der Waals surface area contributed by atoms with Crippen LogP contribution in [0, 0.1) is 0 Å². The number of thiocarbonyl (C=S) groups is 1. The van der Waals surface area contributed by atoms with Gasteiger partial charge in [-0.15, -0.1) is 0 Å². The van der Waals surface area contributed by atoms with Crippen LogP contribution in [0.4, 0.5) is 0 Å². The molecule has 0 atom stereocenters. The molecule has 0 radical (unpaired) electrons. The maximum atomic E-state index is 11.7. The first-order valence-corrected chi connectivity index (χ1v) is 6.24. The summed E-state index contributed by atoms with van der Waals surface area (Å²) in [5.41, 5.74) is 7.53. The second-order valence-corrected chi connectivity index (χ2v) is 4.77. The predicted octanol–water partition coefficient (Wildman–Crippen LogP) is 1.83. The van der Waals surface area contributed by atoms with Crippen molar-refractivity contribution in [2.75, 3.05) is 6.54 Å². The zero-order valence-corrected chi connectivity index (χ0v) is 10.5. The van der Waals surface area contributed by atoms with Crippen LogP contribution in [-0.4, -0.2) is 22.3 Å². The Labute approximate surface area is 107 Å². The number of nitrogens with zero attached hydrogens (tertiary/aromatic N) is 1. The minimum absolute atomic E-state index is 0.259. The fourth-order valence-corrected chi connectivity index (χ4v) is 2.16. The summed E-state index contributed by atoms with van der Waals surface area (Å²) in [6.45, 7) is 1.56. The van der Waals surface area contributed by atoms with Gasteiger partial charge in [-0.2, -0.15) is 0 Å². The van der Waals surface area contributed by atoms with Crippen molar-refractivity contribution < 1.29 is 4.79 Å². The van der Waals surface area contributed by atoms with Gasteiger partial charge in [0.25, 0.3) is 0 Å². The van der Waals surface area contributed by atoms with Gasteiger partial charge in [0.05, 0.1) is 0 Å². The molecule has 1 fully saturated rings. The van der Waals surface area contributed by atoms with Crippen LogP contribution in [0.1, 0.15) is 30.4 Å². The minimum Gasteiger partial charge on any atom is -0.389 e. The highest BCUT2D eigenvalue weighted by molar-refractivity contribution is 7.80. The summed E-state index contributed by atoms with van der Waals surface area (Å²) in [7, 11) is 0. The van der Waals surface area contributed by atoms with Crippen LogP contribution in [0.25, 0.3) is 0 Å². The first-order valence-electron chi connectivity index (χ1n) is 5.83. The maximum absolute atomic E-state index is 11.7. The van der Waals surface area contributed by atoms with E-state index in [1.165, 1.54) is 0 Å². The van der Waals surface area contributed by atoms with Crippen molar-refractivity contribution in [1.29, 1.82) is 0 Å². The molecule has 17 heavy (non-hydrogen) atoms. The number of hydrogen-bond acceptors (Lipinski definition) is 2. The molecule has 1 aromatic rings. The normalized spacial score (nSPS) is 16.0. The molecule has 0 saturated carbocycles. The number of hydrogen-bond donors (Lipinski definition) is 1. The summed E-state index contributed by atoms with van der Waals surface area (Å²) in [4.78, 5) is 14.0. The van der Waals surface area contributed by atoms with E-state index < -0.39 is 0 Å². The Balaban J connectivity index is 2.03. The zero-order valence-electron chi connectivity index (χ0n) is 9.69. The van der Waals surface area contributed by atoms with Gasteiger partial charge in [0, 0.05) is 25.1 Å². The molecule has 1 aliphatic heterocycles. The van der Waals surface area contributed by atoms with Crippen molar-refractivity contribution in [2.45, 2.75) is 25.8 Å². The topological polar surface area (TPSA) is 46.3 Å². The molecule has 0 aliphatic carbocycles. The van der Waals surface area contributed by atoms with E-state index in [0.717, 1.165) is 30.5 Å². The molecule has 1 amide bonds. The second-order valence-electron chi connectivity index (χ2n) is 4.33. The van der Waals surface area contributed by atoms with Crippen molar-refractivity contribution in [3.8, 4) is 0 Å². The van der Waals surface area contributed by atoms with Crippen LogP contribution in [0.5, 0.6) is 0 Å². The standard InChI is InChI=1S/C13H16N2OS/c14-13(17)11-6-4-10(5-7-11)9-15-8-2-1-3-12(15)16/h4-7H,1-3,8-9H2,(H2,14,17). The highest BCUT2D eigenvalue weighted by Gasteiger charge is 2.17. The number of piperidine rings is 1. The Morgan fingerprint density at radius 2 is 2.00 bits per heavy atom. The Kier molecular flexibility index (Phi) is 3.74. The van der Waals surface area contributed by atoms with E-state index in [2.05, 4.69) is 0 Å². The molecular formula is C13H16N2OS. The third-order valence-corrected chi connectivity index (χ3v) is 3.27. The zero-order chi connectivity index (χ0) is 12.3. The predicted molar refractivity (Wildman–Crippen MR) is 71.6 cm³/mol. The van der Waals surface area contributed by atoms with Gasteiger partial charge in [0.1, 0.15) is 4.99 Å². The van der Waals surface area contributed by atoms with E-state index in [1.54, 1.807) is 0 Å². The molecule has 1 saturated heterocycles. The van der Waals surface area contributed by atoms with Gasteiger partial charge in [-0.1, -0.05) is 36.5 Å². The second kappa shape index (κ2) is 5.27. The molecule has 1 aliphatic rings. The summed E-state index contributed by atoms with van der Waals surface area (Å²) < 4.78 is 0. The highest BCUT2D eigenvalue weighted by atomic mass is 32.1. The molecule has 4 heteroatoms. The number of amides is 1. The lowest BCUT2D eigenvalue weighted by atomic mass is 10.1. The Morgan fingerprint density at radius 1 is 1.29 bits per heavy atom. The van der Waals surface area contributed by atoms with Crippen LogP contribution in [-0.2, 0) is 11.3 Å². The first kappa shape index (κ1) is 12.0. The SMILES string of the molecule is NC(=S)c1ccc(CN2CCCCC2=O)cc1. The molecule has 2 N–H and O–H groups in total. The molecule has 1 aromatic carbocycles. The number of likely N-dealkylation sites (tertiary alicyclic amines) is 1. The number of carbonyl (C=O) groups is 1. The molecule has 0 bridgehead atoms. The first-order chi connectivity index (χ1) is 8.16. The molecular weight excluding hydrogens is 232 g/mol. The monoisotopic (exact) mass is 248 g/mol. The third-order valence-electron chi connectivity index (χ3n) is 3.03. The number of nitrogens with two attached hydrogens (primary N) is 1. The highest BCUT2D eigenvalue weighted by Crippen LogP contribution is 2.14. The van der Waals surface area contributed by atoms with E-state index in [1.807, 2.05) is 29.2 Å². The summed E-state index contributed by atoms with van der Waals surface area (Å²) in [6, 6.07) is 7.78. The summed E-state index contributed by atoms with van der Waals surface area (Å²) >= 11 is 4.90. The van der Waals surface area contributed by atoms with E-state index >= 15 is 0 Å². The summed E-state index contributed by atoms with van der Waals surface area (Å²) in [5.74, 6) is 0.259. The minimum atomic E-state index is 0.259. The lowest BCUT2D eigenvalue weighted by Gasteiger charge is -2.26. The van der Waals surface area contributed by atoms with Gasteiger partial charge in [-0.05, 0) is 18.4 Å². The smallest absolute Gasteiger partial charge is 0.222 e. The van der Waals surface area contributed by atoms with E-state index in [-0.39, 0.29) is 5.91 Å². The lowest BCUT2D eigenvalue weighted by molar-refractivity contribution is -0.133. The van der Waals surface area contributed by atoms with Gasteiger partial charge in [0.15, 0.2) is 0 Å². The van der Waals surface area contributed by atoms with Crippen LogP contribution < -0.4 is 5.73 Å².